The van der Waals surface area contributed by atoms with E-state index in [4.69, 9.17) is 5.73 Å². The van der Waals surface area contributed by atoms with Gasteiger partial charge in [0.15, 0.2) is 11.5 Å². The van der Waals surface area contributed by atoms with Crippen molar-refractivity contribution < 1.29 is 4.79 Å². The number of rotatable bonds is 5. The van der Waals surface area contributed by atoms with Gasteiger partial charge in [0.25, 0.3) is 5.91 Å². The number of nitrogen functional groups attached to an aromatic ring is 1. The van der Waals surface area contributed by atoms with Gasteiger partial charge < -0.3 is 11.1 Å². The summed E-state index contributed by atoms with van der Waals surface area (Å²) < 4.78 is 0. The molecule has 1 amide bonds. The molecule has 5 N–H and O–H groups in total. The maximum atomic E-state index is 12.0. The van der Waals surface area contributed by atoms with Gasteiger partial charge >= 0.3 is 0 Å². The van der Waals surface area contributed by atoms with Crippen LogP contribution in [-0.4, -0.2) is 26.3 Å². The third kappa shape index (κ3) is 2.75. The van der Waals surface area contributed by atoms with E-state index in [2.05, 4.69) is 32.6 Å². The average Bonchev–Trinajstić information content (AvgIpc) is 2.96. The molecule has 0 saturated heterocycles. The van der Waals surface area contributed by atoms with E-state index in [1.807, 2.05) is 13.0 Å². The number of carbonyl (C=O) groups is 1. The van der Waals surface area contributed by atoms with Gasteiger partial charge in [-0.3, -0.25) is 15.0 Å². The van der Waals surface area contributed by atoms with Crippen LogP contribution >= 0.6 is 0 Å². The minimum absolute atomic E-state index is 0.205. The highest BCUT2D eigenvalue weighted by atomic mass is 16.2. The number of aromatic amines is 2. The topological polar surface area (TPSA) is 112 Å². The van der Waals surface area contributed by atoms with Gasteiger partial charge in [0.1, 0.15) is 0 Å². The van der Waals surface area contributed by atoms with Crippen LogP contribution in [0.2, 0.25) is 0 Å². The SMILES string of the molecule is CCCc1cc(NC(=O)c2n[nH]c(CC)c2N)n[nH]1. The summed E-state index contributed by atoms with van der Waals surface area (Å²) in [4.78, 5) is 12.0. The van der Waals surface area contributed by atoms with E-state index in [9.17, 15) is 4.79 Å². The van der Waals surface area contributed by atoms with Gasteiger partial charge in [-0.05, 0) is 12.8 Å². The molecule has 0 aliphatic heterocycles. The van der Waals surface area contributed by atoms with Crippen LogP contribution in [0.5, 0.6) is 0 Å². The van der Waals surface area contributed by atoms with Crippen molar-refractivity contribution >= 4 is 17.4 Å². The summed E-state index contributed by atoms with van der Waals surface area (Å²) in [6.45, 7) is 4.02. The van der Waals surface area contributed by atoms with Crippen LogP contribution in [0.25, 0.3) is 0 Å². The lowest BCUT2D eigenvalue weighted by molar-refractivity contribution is 0.102. The molecular formula is C12H18N6O. The third-order valence-corrected chi connectivity index (χ3v) is 2.84. The van der Waals surface area contributed by atoms with Gasteiger partial charge in [-0.25, -0.2) is 0 Å². The van der Waals surface area contributed by atoms with Crippen molar-refractivity contribution in [3.63, 3.8) is 0 Å². The van der Waals surface area contributed by atoms with Crippen LogP contribution in [0.3, 0.4) is 0 Å². The fourth-order valence-corrected chi connectivity index (χ4v) is 1.83. The van der Waals surface area contributed by atoms with E-state index in [-0.39, 0.29) is 11.6 Å². The number of nitrogens with two attached hydrogens (primary N) is 1. The number of hydrogen-bond acceptors (Lipinski definition) is 4. The summed E-state index contributed by atoms with van der Waals surface area (Å²) >= 11 is 0. The molecule has 2 heterocycles. The fraction of sp³-hybridized carbons (Fsp3) is 0.417. The zero-order chi connectivity index (χ0) is 13.8. The van der Waals surface area contributed by atoms with Crippen molar-refractivity contribution in [2.45, 2.75) is 33.1 Å². The van der Waals surface area contributed by atoms with Crippen LogP contribution in [0, 0.1) is 0 Å². The first-order valence-corrected chi connectivity index (χ1v) is 6.34. The first-order valence-electron chi connectivity index (χ1n) is 6.34. The summed E-state index contributed by atoms with van der Waals surface area (Å²) in [7, 11) is 0. The highest BCUT2D eigenvalue weighted by Gasteiger charge is 2.17. The van der Waals surface area contributed by atoms with Gasteiger partial charge in [-0.1, -0.05) is 20.3 Å². The second-order valence-corrected chi connectivity index (χ2v) is 4.30. The molecule has 0 radical (unpaired) electrons. The zero-order valence-corrected chi connectivity index (χ0v) is 11.1. The molecule has 0 aliphatic rings. The zero-order valence-electron chi connectivity index (χ0n) is 11.1. The highest BCUT2D eigenvalue weighted by Crippen LogP contribution is 2.16. The minimum Gasteiger partial charge on any atom is -0.395 e. The van der Waals surface area contributed by atoms with Crippen molar-refractivity contribution in [1.29, 1.82) is 0 Å². The van der Waals surface area contributed by atoms with Crippen molar-refractivity contribution in [1.82, 2.24) is 20.4 Å². The minimum atomic E-state index is -0.358. The molecule has 2 aromatic heterocycles. The molecule has 0 aromatic carbocycles. The van der Waals surface area contributed by atoms with E-state index < -0.39 is 0 Å². The number of carbonyl (C=O) groups excluding carboxylic acids is 1. The lowest BCUT2D eigenvalue weighted by atomic mass is 10.2. The van der Waals surface area contributed by atoms with E-state index in [0.29, 0.717) is 17.9 Å². The summed E-state index contributed by atoms with van der Waals surface area (Å²) in [6.07, 6.45) is 2.62. The largest absolute Gasteiger partial charge is 0.395 e. The van der Waals surface area contributed by atoms with E-state index in [0.717, 1.165) is 24.2 Å². The Morgan fingerprint density at radius 2 is 2.16 bits per heavy atom. The number of anilines is 2. The molecule has 0 aliphatic carbocycles. The summed E-state index contributed by atoms with van der Waals surface area (Å²) in [5.41, 5.74) is 8.19. The smallest absolute Gasteiger partial charge is 0.279 e. The Hall–Kier alpha value is -2.31. The summed E-state index contributed by atoms with van der Waals surface area (Å²) in [5, 5.41) is 16.2. The Morgan fingerprint density at radius 3 is 2.79 bits per heavy atom. The summed E-state index contributed by atoms with van der Waals surface area (Å²) in [5.74, 6) is 0.122. The average molecular weight is 262 g/mol. The second-order valence-electron chi connectivity index (χ2n) is 4.30. The fourth-order valence-electron chi connectivity index (χ4n) is 1.83. The first kappa shape index (κ1) is 13.1. The Labute approximate surface area is 111 Å². The van der Waals surface area contributed by atoms with Crippen LogP contribution in [0.4, 0.5) is 11.5 Å². The molecule has 7 heteroatoms. The third-order valence-electron chi connectivity index (χ3n) is 2.84. The number of nitrogens with one attached hydrogen (secondary N) is 3. The van der Waals surface area contributed by atoms with E-state index in [1.165, 1.54) is 0 Å². The highest BCUT2D eigenvalue weighted by molar-refractivity contribution is 6.06. The van der Waals surface area contributed by atoms with Crippen LogP contribution in [0.1, 0.15) is 42.1 Å². The number of H-pyrrole nitrogens is 2. The lowest BCUT2D eigenvalue weighted by Gasteiger charge is -1.99. The lowest BCUT2D eigenvalue weighted by Crippen LogP contribution is -2.14. The van der Waals surface area contributed by atoms with E-state index in [1.54, 1.807) is 0 Å². The molecule has 2 rings (SSSR count). The van der Waals surface area contributed by atoms with Gasteiger partial charge in [0, 0.05) is 11.8 Å². The molecule has 0 bridgehead atoms. The van der Waals surface area contributed by atoms with Gasteiger partial charge in [0.2, 0.25) is 0 Å². The Kier molecular flexibility index (Phi) is 3.84. The predicted octanol–water partition coefficient (Wildman–Crippen LogP) is 1.48. The molecule has 0 unspecified atom stereocenters. The quantitative estimate of drug-likeness (QED) is 0.653. The maximum absolute atomic E-state index is 12.0. The standard InChI is InChI=1S/C12H18N6O/c1-3-5-7-6-9(17-15-7)14-12(19)11-10(13)8(4-2)16-18-11/h6H,3-5,13H2,1-2H3,(H,16,18)(H2,14,15,17,19). The molecule has 0 atom stereocenters. The van der Waals surface area contributed by atoms with Crippen molar-refractivity contribution in [2.24, 2.45) is 0 Å². The van der Waals surface area contributed by atoms with Crippen LogP contribution in [0.15, 0.2) is 6.07 Å². The molecule has 0 saturated carbocycles. The van der Waals surface area contributed by atoms with E-state index >= 15 is 0 Å². The molecule has 0 fully saturated rings. The molecule has 19 heavy (non-hydrogen) atoms. The second kappa shape index (κ2) is 5.55. The Morgan fingerprint density at radius 1 is 1.37 bits per heavy atom. The van der Waals surface area contributed by atoms with Gasteiger partial charge in [-0.15, -0.1) is 0 Å². The maximum Gasteiger partial charge on any atom is 0.279 e. The number of aryl methyl sites for hydroxylation is 2. The number of aromatic nitrogens is 4. The van der Waals surface area contributed by atoms with Crippen LogP contribution < -0.4 is 11.1 Å². The number of nitrogens with zero attached hydrogens (tertiary/aromatic N) is 2. The first-order chi connectivity index (χ1) is 9.15. The monoisotopic (exact) mass is 262 g/mol. The van der Waals surface area contributed by atoms with Gasteiger partial charge in [-0.2, -0.15) is 10.2 Å². The Bertz CT molecular complexity index is 571. The molecule has 0 spiro atoms. The predicted molar refractivity (Wildman–Crippen MR) is 72.9 cm³/mol. The van der Waals surface area contributed by atoms with Crippen molar-refractivity contribution in [3.05, 3.63) is 23.1 Å². The Balaban J connectivity index is 2.09. The van der Waals surface area contributed by atoms with Gasteiger partial charge in [0.05, 0.1) is 11.4 Å². The molecule has 7 nitrogen and oxygen atoms in total. The normalized spacial score (nSPS) is 10.6. The van der Waals surface area contributed by atoms with Crippen LogP contribution in [-0.2, 0) is 12.8 Å². The van der Waals surface area contributed by atoms with Crippen molar-refractivity contribution in [2.75, 3.05) is 11.1 Å². The molecule has 102 valence electrons. The molecule has 2 aromatic rings. The number of hydrogen-bond donors (Lipinski definition) is 4. The molecular weight excluding hydrogens is 244 g/mol. The van der Waals surface area contributed by atoms with Crippen molar-refractivity contribution in [3.8, 4) is 0 Å². The summed E-state index contributed by atoms with van der Waals surface area (Å²) in [6, 6.07) is 1.81. The number of amides is 1.